The fraction of sp³-hybridized carbons (Fsp3) is 0.615. The quantitative estimate of drug-likeness (QED) is 0.892. The number of aryl methyl sites for hydroxylation is 1. The van der Waals surface area contributed by atoms with E-state index in [4.69, 9.17) is 17.3 Å². The van der Waals surface area contributed by atoms with Crippen LogP contribution in [0.5, 0.6) is 0 Å². The van der Waals surface area contributed by atoms with Crippen LogP contribution in [-0.2, 0) is 0 Å². The van der Waals surface area contributed by atoms with Crippen molar-refractivity contribution in [1.82, 2.24) is 4.98 Å². The summed E-state index contributed by atoms with van der Waals surface area (Å²) in [4.78, 5) is 4.04. The van der Waals surface area contributed by atoms with Crippen LogP contribution in [0.25, 0.3) is 0 Å². The maximum absolute atomic E-state index is 12.7. The van der Waals surface area contributed by atoms with Crippen molar-refractivity contribution in [3.63, 3.8) is 0 Å². The molecular weight excluding hydrogens is 274 g/mol. The van der Waals surface area contributed by atoms with E-state index in [2.05, 4.69) is 4.98 Å². The number of hydrogen-bond donors (Lipinski definition) is 2. The normalized spacial score (nSPS) is 20.1. The van der Waals surface area contributed by atoms with Crippen molar-refractivity contribution in [3.05, 3.63) is 22.3 Å². The number of halogens is 3. The number of alkyl halides is 2. The largest absolute Gasteiger partial charge is 0.388 e. The van der Waals surface area contributed by atoms with Crippen LogP contribution in [-0.4, -0.2) is 16.0 Å². The summed E-state index contributed by atoms with van der Waals surface area (Å²) in [7, 11) is 0. The lowest BCUT2D eigenvalue weighted by Crippen LogP contribution is -2.35. The van der Waals surface area contributed by atoms with Crippen LogP contribution >= 0.6 is 11.6 Å². The molecule has 1 atom stereocenters. The first-order valence-corrected chi connectivity index (χ1v) is 6.65. The van der Waals surface area contributed by atoms with Gasteiger partial charge in [-0.2, -0.15) is 0 Å². The van der Waals surface area contributed by atoms with Gasteiger partial charge in [-0.05, 0) is 31.7 Å². The minimum atomic E-state index is -2.50. The van der Waals surface area contributed by atoms with Gasteiger partial charge < -0.3 is 10.8 Å². The number of nitrogens with zero attached hydrogens (tertiary/aromatic N) is 1. The van der Waals surface area contributed by atoms with Crippen LogP contribution < -0.4 is 5.73 Å². The Kier molecular flexibility index (Phi) is 3.97. The molecule has 6 heteroatoms. The number of nitrogen functional groups attached to an aromatic ring is 1. The average Bonchev–Trinajstić information content (AvgIpc) is 2.28. The van der Waals surface area contributed by atoms with Crippen molar-refractivity contribution in [1.29, 1.82) is 0 Å². The van der Waals surface area contributed by atoms with Crippen molar-refractivity contribution in [2.45, 2.75) is 44.6 Å². The molecule has 0 saturated heterocycles. The Labute approximate surface area is 115 Å². The standard InChI is InChI=1S/C13H17ClF2N2O/c1-7-9(4-10(14)12(17)18-7)11(19)3-2-8-5-13(15,16)6-8/h4,8,11,19H,2-3,5-6H2,1H3,(H2,17,18)/t11-/m0/s1. The highest BCUT2D eigenvalue weighted by atomic mass is 35.5. The summed E-state index contributed by atoms with van der Waals surface area (Å²) < 4.78 is 25.4. The molecule has 1 aliphatic carbocycles. The Hall–Kier alpha value is -0.940. The van der Waals surface area contributed by atoms with Crippen molar-refractivity contribution in [2.24, 2.45) is 5.92 Å². The van der Waals surface area contributed by atoms with E-state index in [1.807, 2.05) is 0 Å². The van der Waals surface area contributed by atoms with E-state index >= 15 is 0 Å². The Morgan fingerprint density at radius 3 is 2.79 bits per heavy atom. The van der Waals surface area contributed by atoms with Gasteiger partial charge in [0, 0.05) is 24.1 Å². The highest BCUT2D eigenvalue weighted by Crippen LogP contribution is 2.45. The van der Waals surface area contributed by atoms with Gasteiger partial charge in [0.05, 0.1) is 11.1 Å². The zero-order chi connectivity index (χ0) is 14.2. The van der Waals surface area contributed by atoms with Crippen LogP contribution in [0.3, 0.4) is 0 Å². The van der Waals surface area contributed by atoms with Gasteiger partial charge in [-0.1, -0.05) is 11.6 Å². The third-order valence-electron chi connectivity index (χ3n) is 3.61. The fourth-order valence-corrected chi connectivity index (χ4v) is 2.65. The Bertz CT molecular complexity index is 474. The van der Waals surface area contributed by atoms with Gasteiger partial charge >= 0.3 is 0 Å². The Morgan fingerprint density at radius 1 is 1.58 bits per heavy atom. The second kappa shape index (κ2) is 5.21. The zero-order valence-electron chi connectivity index (χ0n) is 10.7. The smallest absolute Gasteiger partial charge is 0.248 e. The lowest BCUT2D eigenvalue weighted by molar-refractivity contribution is -0.114. The van der Waals surface area contributed by atoms with E-state index in [-0.39, 0.29) is 24.6 Å². The van der Waals surface area contributed by atoms with Gasteiger partial charge in [-0.3, -0.25) is 0 Å². The van der Waals surface area contributed by atoms with E-state index in [0.717, 1.165) is 0 Å². The number of aliphatic hydroxyl groups excluding tert-OH is 1. The topological polar surface area (TPSA) is 59.1 Å². The minimum Gasteiger partial charge on any atom is -0.388 e. The first-order chi connectivity index (χ1) is 8.78. The van der Waals surface area contributed by atoms with Crippen LogP contribution in [0.15, 0.2) is 6.07 Å². The summed E-state index contributed by atoms with van der Waals surface area (Å²) in [6.45, 7) is 1.74. The van der Waals surface area contributed by atoms with Gasteiger partial charge in [0.15, 0.2) is 0 Å². The molecule has 0 aliphatic heterocycles. The van der Waals surface area contributed by atoms with Crippen LogP contribution in [0, 0.1) is 12.8 Å². The van der Waals surface area contributed by atoms with E-state index in [1.165, 1.54) is 0 Å². The van der Waals surface area contributed by atoms with Gasteiger partial charge in [0.2, 0.25) is 5.92 Å². The number of anilines is 1. The van der Waals surface area contributed by atoms with Crippen LogP contribution in [0.4, 0.5) is 14.6 Å². The molecule has 2 rings (SSSR count). The first kappa shape index (κ1) is 14.5. The van der Waals surface area contributed by atoms with Gasteiger partial charge in [0.1, 0.15) is 5.82 Å². The van der Waals surface area contributed by atoms with Gasteiger partial charge in [-0.25, -0.2) is 13.8 Å². The lowest BCUT2D eigenvalue weighted by atomic mass is 9.78. The van der Waals surface area contributed by atoms with Crippen molar-refractivity contribution in [2.75, 3.05) is 5.73 Å². The molecule has 1 aliphatic rings. The second-order valence-electron chi connectivity index (χ2n) is 5.25. The summed E-state index contributed by atoms with van der Waals surface area (Å²) in [6, 6.07) is 1.60. The van der Waals surface area contributed by atoms with Crippen LogP contribution in [0.2, 0.25) is 5.02 Å². The van der Waals surface area contributed by atoms with Gasteiger partial charge in [0.25, 0.3) is 0 Å². The third-order valence-corrected chi connectivity index (χ3v) is 3.92. The zero-order valence-corrected chi connectivity index (χ0v) is 11.4. The molecule has 0 amide bonds. The van der Waals surface area contributed by atoms with E-state index in [0.29, 0.717) is 29.1 Å². The number of aliphatic hydroxyl groups is 1. The molecular formula is C13H17ClF2N2O. The molecule has 0 unspecified atom stereocenters. The summed E-state index contributed by atoms with van der Waals surface area (Å²) in [5.74, 6) is -2.27. The molecule has 106 valence electrons. The molecule has 19 heavy (non-hydrogen) atoms. The minimum absolute atomic E-state index is 0.00201. The first-order valence-electron chi connectivity index (χ1n) is 6.27. The highest BCUT2D eigenvalue weighted by Gasteiger charge is 2.44. The van der Waals surface area contributed by atoms with Crippen LogP contribution in [0.1, 0.15) is 43.0 Å². The molecule has 1 aromatic rings. The number of hydrogen-bond acceptors (Lipinski definition) is 3. The SMILES string of the molecule is Cc1nc(N)c(Cl)cc1[C@@H](O)CCC1CC(F)(F)C1. The molecule has 0 spiro atoms. The third kappa shape index (κ3) is 3.34. The molecule has 0 radical (unpaired) electrons. The number of rotatable bonds is 4. The average molecular weight is 291 g/mol. The molecule has 1 fully saturated rings. The maximum Gasteiger partial charge on any atom is 0.248 e. The number of nitrogens with two attached hydrogens (primary N) is 1. The predicted molar refractivity (Wildman–Crippen MR) is 70.3 cm³/mol. The predicted octanol–water partition coefficient (Wildman–Crippen LogP) is 3.48. The molecule has 0 bridgehead atoms. The molecule has 1 aromatic heterocycles. The molecule has 3 nitrogen and oxygen atoms in total. The molecule has 1 saturated carbocycles. The summed E-state index contributed by atoms with van der Waals surface area (Å²) in [5, 5.41) is 10.4. The number of aromatic nitrogens is 1. The van der Waals surface area contributed by atoms with Crippen molar-refractivity contribution in [3.8, 4) is 0 Å². The fourth-order valence-electron chi connectivity index (χ4n) is 2.49. The highest BCUT2D eigenvalue weighted by molar-refractivity contribution is 6.32. The molecule has 3 N–H and O–H groups in total. The second-order valence-corrected chi connectivity index (χ2v) is 5.66. The van der Waals surface area contributed by atoms with E-state index in [9.17, 15) is 13.9 Å². The lowest BCUT2D eigenvalue weighted by Gasteiger charge is -2.35. The summed E-state index contributed by atoms with van der Waals surface area (Å²) in [5.41, 5.74) is 6.80. The number of pyridine rings is 1. The van der Waals surface area contributed by atoms with E-state index < -0.39 is 12.0 Å². The Balaban J connectivity index is 1.93. The molecule has 1 heterocycles. The van der Waals surface area contributed by atoms with Crippen molar-refractivity contribution < 1.29 is 13.9 Å². The van der Waals surface area contributed by atoms with Gasteiger partial charge in [-0.15, -0.1) is 0 Å². The maximum atomic E-state index is 12.7. The summed E-state index contributed by atoms with van der Waals surface area (Å²) >= 11 is 5.87. The van der Waals surface area contributed by atoms with Crippen molar-refractivity contribution >= 4 is 17.4 Å². The Morgan fingerprint density at radius 2 is 2.21 bits per heavy atom. The van der Waals surface area contributed by atoms with E-state index in [1.54, 1.807) is 13.0 Å². The summed E-state index contributed by atoms with van der Waals surface area (Å²) in [6.07, 6.45) is 0.139. The monoisotopic (exact) mass is 290 g/mol. The molecule has 0 aromatic carbocycles.